The molecule has 1 N–H and O–H groups in total. The molecule has 2 saturated carbocycles. The first-order valence-corrected chi connectivity index (χ1v) is 12.4. The second kappa shape index (κ2) is 6.35. The average molecular weight is 426 g/mol. The zero-order chi connectivity index (χ0) is 21.6. The van der Waals surface area contributed by atoms with Crippen molar-refractivity contribution in [3.63, 3.8) is 0 Å². The van der Waals surface area contributed by atoms with Gasteiger partial charge in [0.25, 0.3) is 0 Å². The summed E-state index contributed by atoms with van der Waals surface area (Å²) in [7, 11) is 0. The standard InChI is InChI=1S/C29H31NO2/c1-27-13-12-23-17-22-8-9-24(30-31)18-28(22)14-15-29(23,32-28)26(27)11-10-25(27)21-7-6-19-4-2-3-5-20(19)16-21/h2-7,12,16-17,25-26,31H,8-11,13-15,18H2,1H3/t25-,26-,27-,28-,29-/m1/s1. The number of rotatable bonds is 1. The van der Waals surface area contributed by atoms with Crippen molar-refractivity contribution < 1.29 is 9.94 Å². The molecule has 0 aromatic heterocycles. The van der Waals surface area contributed by atoms with Crippen LogP contribution >= 0.6 is 0 Å². The fraction of sp³-hybridized carbons (Fsp3) is 0.483. The number of allylic oxidation sites excluding steroid dienone is 1. The summed E-state index contributed by atoms with van der Waals surface area (Å²) in [5.41, 5.74) is 5.13. The van der Waals surface area contributed by atoms with Gasteiger partial charge < -0.3 is 9.94 Å². The van der Waals surface area contributed by atoms with Crippen molar-refractivity contribution in [1.82, 2.24) is 0 Å². The molecule has 0 unspecified atom stereocenters. The molecular formula is C29H31NO2. The van der Waals surface area contributed by atoms with Gasteiger partial charge in [0, 0.05) is 6.42 Å². The number of hydrogen-bond donors (Lipinski definition) is 1. The molecule has 2 aliphatic heterocycles. The molecule has 3 heteroatoms. The second-order valence-electron chi connectivity index (χ2n) is 11.2. The summed E-state index contributed by atoms with van der Waals surface area (Å²) in [4.78, 5) is 0. The van der Waals surface area contributed by atoms with E-state index in [2.05, 4.69) is 66.7 Å². The van der Waals surface area contributed by atoms with E-state index in [4.69, 9.17) is 4.74 Å². The number of oxime groups is 1. The maximum atomic E-state index is 9.46. The summed E-state index contributed by atoms with van der Waals surface area (Å²) in [6, 6.07) is 15.8. The van der Waals surface area contributed by atoms with Gasteiger partial charge in [0.1, 0.15) is 0 Å². The van der Waals surface area contributed by atoms with Crippen molar-refractivity contribution >= 4 is 16.5 Å². The van der Waals surface area contributed by atoms with E-state index in [1.54, 1.807) is 0 Å². The molecule has 5 atom stereocenters. The normalized spacial score (nSPS) is 41.1. The first-order valence-electron chi connectivity index (χ1n) is 12.4. The molecule has 2 aromatic rings. The molecule has 2 aromatic carbocycles. The van der Waals surface area contributed by atoms with E-state index in [9.17, 15) is 5.21 Å². The lowest BCUT2D eigenvalue weighted by Gasteiger charge is -2.54. The van der Waals surface area contributed by atoms with Crippen LogP contribution in [-0.4, -0.2) is 22.1 Å². The molecule has 2 spiro atoms. The van der Waals surface area contributed by atoms with Crippen LogP contribution < -0.4 is 0 Å². The Morgan fingerprint density at radius 2 is 1.91 bits per heavy atom. The van der Waals surface area contributed by atoms with E-state index in [0.717, 1.165) is 44.2 Å². The minimum Gasteiger partial charge on any atom is -0.411 e. The van der Waals surface area contributed by atoms with Gasteiger partial charge in [-0.15, -0.1) is 0 Å². The van der Waals surface area contributed by atoms with Crippen LogP contribution in [0.2, 0.25) is 0 Å². The van der Waals surface area contributed by atoms with Gasteiger partial charge in [0.15, 0.2) is 0 Å². The molecule has 0 radical (unpaired) electrons. The molecular weight excluding hydrogens is 394 g/mol. The monoisotopic (exact) mass is 425 g/mol. The minimum absolute atomic E-state index is 0.153. The fourth-order valence-electron chi connectivity index (χ4n) is 8.30. The zero-order valence-corrected chi connectivity index (χ0v) is 18.8. The Bertz CT molecular complexity index is 1220. The molecule has 1 saturated heterocycles. The van der Waals surface area contributed by atoms with Crippen LogP contribution in [0.5, 0.6) is 0 Å². The predicted molar refractivity (Wildman–Crippen MR) is 127 cm³/mol. The highest BCUT2D eigenvalue weighted by molar-refractivity contribution is 5.87. The Hall–Kier alpha value is -2.39. The van der Waals surface area contributed by atoms with E-state index in [0.29, 0.717) is 11.8 Å². The summed E-state index contributed by atoms with van der Waals surface area (Å²) in [5, 5.41) is 15.7. The molecule has 2 bridgehead atoms. The third-order valence-corrected chi connectivity index (χ3v) is 9.83. The van der Waals surface area contributed by atoms with Gasteiger partial charge in [0.05, 0.1) is 16.9 Å². The van der Waals surface area contributed by atoms with Crippen molar-refractivity contribution in [1.29, 1.82) is 0 Å². The zero-order valence-electron chi connectivity index (χ0n) is 18.8. The smallest absolute Gasteiger partial charge is 0.0975 e. The highest BCUT2D eigenvalue weighted by Gasteiger charge is 2.66. The quantitative estimate of drug-likeness (QED) is 0.398. The van der Waals surface area contributed by atoms with E-state index in [1.807, 2.05) is 0 Å². The summed E-state index contributed by atoms with van der Waals surface area (Å²) in [6.45, 7) is 2.53. The van der Waals surface area contributed by atoms with Gasteiger partial charge in [0.2, 0.25) is 0 Å². The van der Waals surface area contributed by atoms with Gasteiger partial charge in [-0.1, -0.05) is 66.7 Å². The highest BCUT2D eigenvalue weighted by Crippen LogP contribution is 2.69. The number of nitrogens with zero attached hydrogens (tertiary/aromatic N) is 1. The summed E-state index contributed by atoms with van der Waals surface area (Å²) in [5.74, 6) is 1.11. The van der Waals surface area contributed by atoms with E-state index < -0.39 is 0 Å². The largest absolute Gasteiger partial charge is 0.411 e. The molecule has 0 amide bonds. The first-order chi connectivity index (χ1) is 15.6. The number of fused-ring (bicyclic) bond motifs is 2. The van der Waals surface area contributed by atoms with Crippen LogP contribution in [0.15, 0.2) is 70.9 Å². The molecule has 2 heterocycles. The molecule has 3 nitrogen and oxygen atoms in total. The molecule has 7 rings (SSSR count). The lowest BCUT2D eigenvalue weighted by Crippen LogP contribution is -2.53. The highest BCUT2D eigenvalue weighted by atomic mass is 16.5. The van der Waals surface area contributed by atoms with Gasteiger partial charge in [-0.25, -0.2) is 0 Å². The van der Waals surface area contributed by atoms with Crippen LogP contribution in [0.4, 0.5) is 0 Å². The third-order valence-electron chi connectivity index (χ3n) is 9.83. The Balaban J connectivity index is 1.30. The van der Waals surface area contributed by atoms with Crippen molar-refractivity contribution in [2.75, 3.05) is 0 Å². The van der Waals surface area contributed by atoms with Crippen molar-refractivity contribution in [2.24, 2.45) is 16.5 Å². The van der Waals surface area contributed by atoms with Crippen molar-refractivity contribution in [3.8, 4) is 0 Å². The number of ether oxygens (including phenoxy) is 1. The summed E-state index contributed by atoms with van der Waals surface area (Å²) < 4.78 is 7.22. The van der Waals surface area contributed by atoms with E-state index in [1.165, 1.54) is 40.3 Å². The Morgan fingerprint density at radius 3 is 2.78 bits per heavy atom. The van der Waals surface area contributed by atoms with Crippen molar-refractivity contribution in [2.45, 2.75) is 75.4 Å². The Labute approximate surface area is 189 Å². The lowest BCUT2D eigenvalue weighted by molar-refractivity contribution is -0.126. The molecule has 5 aliphatic rings. The first kappa shape index (κ1) is 19.1. The average Bonchev–Trinajstić information content (AvgIpc) is 3.33. The van der Waals surface area contributed by atoms with E-state index >= 15 is 0 Å². The van der Waals surface area contributed by atoms with Crippen LogP contribution in [0.1, 0.15) is 69.8 Å². The maximum Gasteiger partial charge on any atom is 0.0975 e. The Morgan fingerprint density at radius 1 is 1.03 bits per heavy atom. The maximum absolute atomic E-state index is 9.46. The molecule has 32 heavy (non-hydrogen) atoms. The number of hydrogen-bond acceptors (Lipinski definition) is 3. The lowest BCUT2D eigenvalue weighted by atomic mass is 9.58. The van der Waals surface area contributed by atoms with E-state index in [-0.39, 0.29) is 16.6 Å². The Kier molecular flexibility index (Phi) is 3.79. The van der Waals surface area contributed by atoms with Gasteiger partial charge >= 0.3 is 0 Å². The SMILES string of the molecule is C[C@]12CC=C3C=C4CCC(=NO)C[C@]45CC[C@]3(O5)[C@@H]1CC[C@@H]2c1ccc2ccccc2c1. The van der Waals surface area contributed by atoms with Crippen LogP contribution in [0.3, 0.4) is 0 Å². The van der Waals surface area contributed by atoms with Crippen LogP contribution in [-0.2, 0) is 4.74 Å². The second-order valence-corrected chi connectivity index (χ2v) is 11.2. The molecule has 3 aliphatic carbocycles. The third kappa shape index (κ3) is 2.33. The van der Waals surface area contributed by atoms with Crippen LogP contribution in [0, 0.1) is 11.3 Å². The van der Waals surface area contributed by atoms with Crippen molar-refractivity contribution in [3.05, 3.63) is 71.3 Å². The predicted octanol–water partition coefficient (Wildman–Crippen LogP) is 6.91. The van der Waals surface area contributed by atoms with Gasteiger partial charge in [-0.05, 0) is 89.7 Å². The topological polar surface area (TPSA) is 41.8 Å². The fourth-order valence-corrected chi connectivity index (χ4v) is 8.30. The molecule has 164 valence electrons. The molecule has 3 fully saturated rings. The number of benzene rings is 2. The van der Waals surface area contributed by atoms with Gasteiger partial charge in [-0.3, -0.25) is 0 Å². The van der Waals surface area contributed by atoms with Crippen LogP contribution in [0.25, 0.3) is 10.8 Å². The summed E-state index contributed by atoms with van der Waals surface area (Å²) in [6.07, 6.45) is 13.4. The summed E-state index contributed by atoms with van der Waals surface area (Å²) >= 11 is 0. The van der Waals surface area contributed by atoms with Gasteiger partial charge in [-0.2, -0.15) is 0 Å². The minimum atomic E-state index is -0.226.